The van der Waals surface area contributed by atoms with Gasteiger partial charge in [0.15, 0.2) is 0 Å². The smallest absolute Gasteiger partial charge is 0.243 e. The molecule has 0 saturated heterocycles. The molecule has 0 spiro atoms. The number of likely N-dealkylation sites (N-methyl/N-ethyl adjacent to an activating group) is 1. The van der Waals surface area contributed by atoms with Gasteiger partial charge in [-0.15, -0.1) is 0 Å². The van der Waals surface area contributed by atoms with Crippen LogP contribution in [0.3, 0.4) is 0 Å². The molecule has 4 heteroatoms. The number of aryl methyl sites for hydroxylation is 2. The highest BCUT2D eigenvalue weighted by atomic mass is 16.2. The Kier molecular flexibility index (Phi) is 5.36. The molecule has 22 heavy (non-hydrogen) atoms. The molecular formula is C18H24N2O2. The number of hydrogen-bond donors (Lipinski definition) is 1. The van der Waals surface area contributed by atoms with Crippen LogP contribution in [-0.4, -0.2) is 30.3 Å². The van der Waals surface area contributed by atoms with Gasteiger partial charge in [-0.3, -0.25) is 9.59 Å². The maximum absolute atomic E-state index is 12.1. The first-order chi connectivity index (χ1) is 10.5. The number of benzene rings is 1. The number of carbonyl (C=O) groups excluding carboxylic acids is 2. The second kappa shape index (κ2) is 7.25. The number of amides is 2. The van der Waals surface area contributed by atoms with Crippen molar-refractivity contribution >= 4 is 17.5 Å². The van der Waals surface area contributed by atoms with Crippen LogP contribution in [0.5, 0.6) is 0 Å². The van der Waals surface area contributed by atoms with E-state index in [0.717, 1.165) is 29.7 Å². The molecule has 4 nitrogen and oxygen atoms in total. The van der Waals surface area contributed by atoms with Gasteiger partial charge in [0, 0.05) is 19.2 Å². The summed E-state index contributed by atoms with van der Waals surface area (Å²) in [7, 11) is 1.68. The molecule has 0 radical (unpaired) electrons. The van der Waals surface area contributed by atoms with Gasteiger partial charge in [0.1, 0.15) is 0 Å². The van der Waals surface area contributed by atoms with Crippen molar-refractivity contribution in [2.75, 3.05) is 18.9 Å². The number of hydrogen-bond acceptors (Lipinski definition) is 2. The maximum atomic E-state index is 12.1. The standard InChI is InChI=1S/C18H24N2O2/c1-13-8-9-14(2)16(10-13)19-17(21)12-20(3)18(22)11-15-6-4-5-7-15/h4,6,8-10,15H,5,7,11-12H2,1-3H3,(H,19,21)/t15-/m1/s1. The van der Waals surface area contributed by atoms with Gasteiger partial charge in [0.25, 0.3) is 0 Å². The van der Waals surface area contributed by atoms with Crippen LogP contribution in [0, 0.1) is 19.8 Å². The summed E-state index contributed by atoms with van der Waals surface area (Å²) < 4.78 is 0. The maximum Gasteiger partial charge on any atom is 0.243 e. The second-order valence-corrected chi connectivity index (χ2v) is 6.09. The zero-order chi connectivity index (χ0) is 16.1. The van der Waals surface area contributed by atoms with Gasteiger partial charge in [0.2, 0.25) is 11.8 Å². The topological polar surface area (TPSA) is 49.4 Å². The Balaban J connectivity index is 1.86. The van der Waals surface area contributed by atoms with Crippen LogP contribution in [-0.2, 0) is 9.59 Å². The van der Waals surface area contributed by atoms with Gasteiger partial charge in [-0.05, 0) is 49.8 Å². The minimum atomic E-state index is -0.161. The van der Waals surface area contributed by atoms with Gasteiger partial charge >= 0.3 is 0 Å². The van der Waals surface area contributed by atoms with E-state index >= 15 is 0 Å². The monoisotopic (exact) mass is 300 g/mol. The molecule has 0 aromatic heterocycles. The largest absolute Gasteiger partial charge is 0.336 e. The lowest BCUT2D eigenvalue weighted by Crippen LogP contribution is -2.35. The number of rotatable bonds is 5. The predicted octanol–water partition coefficient (Wildman–Crippen LogP) is 3.06. The van der Waals surface area contributed by atoms with E-state index in [-0.39, 0.29) is 18.4 Å². The molecule has 0 bridgehead atoms. The number of nitrogens with one attached hydrogen (secondary N) is 1. The normalized spacial score (nSPS) is 16.6. The quantitative estimate of drug-likeness (QED) is 0.850. The summed E-state index contributed by atoms with van der Waals surface area (Å²) in [6, 6.07) is 5.93. The summed E-state index contributed by atoms with van der Waals surface area (Å²) >= 11 is 0. The van der Waals surface area contributed by atoms with E-state index < -0.39 is 0 Å². The summed E-state index contributed by atoms with van der Waals surface area (Å²) in [6.07, 6.45) is 6.79. The summed E-state index contributed by atoms with van der Waals surface area (Å²) in [4.78, 5) is 25.7. The summed E-state index contributed by atoms with van der Waals surface area (Å²) in [6.45, 7) is 4.03. The molecular weight excluding hydrogens is 276 g/mol. The third-order valence-electron chi connectivity index (χ3n) is 4.02. The van der Waals surface area contributed by atoms with Crippen molar-refractivity contribution in [3.8, 4) is 0 Å². The number of allylic oxidation sites excluding steroid dienone is 2. The predicted molar refractivity (Wildman–Crippen MR) is 88.7 cm³/mol. The van der Waals surface area contributed by atoms with Crippen molar-refractivity contribution in [1.29, 1.82) is 0 Å². The van der Waals surface area contributed by atoms with E-state index in [9.17, 15) is 9.59 Å². The molecule has 1 N–H and O–H groups in total. The first-order valence-electron chi connectivity index (χ1n) is 7.73. The Labute approximate surface area is 132 Å². The van der Waals surface area contributed by atoms with Crippen LogP contribution >= 0.6 is 0 Å². The molecule has 0 unspecified atom stereocenters. The van der Waals surface area contributed by atoms with E-state index in [1.165, 1.54) is 4.90 Å². The Bertz CT molecular complexity index is 593. The fraction of sp³-hybridized carbons (Fsp3) is 0.444. The summed E-state index contributed by atoms with van der Waals surface area (Å²) in [5, 5.41) is 2.88. The third kappa shape index (κ3) is 4.45. The molecule has 1 aliphatic rings. The number of carbonyl (C=O) groups is 2. The Morgan fingerprint density at radius 2 is 2.09 bits per heavy atom. The zero-order valence-electron chi connectivity index (χ0n) is 13.6. The van der Waals surface area contributed by atoms with E-state index in [1.54, 1.807) is 7.05 Å². The third-order valence-corrected chi connectivity index (χ3v) is 4.02. The van der Waals surface area contributed by atoms with Gasteiger partial charge in [0.05, 0.1) is 6.54 Å². The van der Waals surface area contributed by atoms with Crippen LogP contribution < -0.4 is 5.32 Å². The van der Waals surface area contributed by atoms with Crippen molar-refractivity contribution in [2.45, 2.75) is 33.1 Å². The summed E-state index contributed by atoms with van der Waals surface area (Å²) in [5.41, 5.74) is 2.92. The van der Waals surface area contributed by atoms with Crippen molar-refractivity contribution in [3.63, 3.8) is 0 Å². The van der Waals surface area contributed by atoms with Gasteiger partial charge in [-0.1, -0.05) is 24.3 Å². The average Bonchev–Trinajstić information content (AvgIpc) is 2.95. The van der Waals surface area contributed by atoms with Crippen LogP contribution in [0.15, 0.2) is 30.4 Å². The van der Waals surface area contributed by atoms with Gasteiger partial charge < -0.3 is 10.2 Å². The molecule has 0 heterocycles. The van der Waals surface area contributed by atoms with Crippen LogP contribution in [0.25, 0.3) is 0 Å². The minimum Gasteiger partial charge on any atom is -0.336 e. The highest BCUT2D eigenvalue weighted by molar-refractivity contribution is 5.95. The van der Waals surface area contributed by atoms with Crippen molar-refractivity contribution in [2.24, 2.45) is 5.92 Å². The molecule has 0 saturated carbocycles. The molecule has 1 aromatic carbocycles. The molecule has 1 aliphatic carbocycles. The Hall–Kier alpha value is -2.10. The molecule has 1 aromatic rings. The van der Waals surface area contributed by atoms with E-state index in [1.807, 2.05) is 32.0 Å². The van der Waals surface area contributed by atoms with Gasteiger partial charge in [-0.2, -0.15) is 0 Å². The molecule has 2 amide bonds. The summed E-state index contributed by atoms with van der Waals surface area (Å²) in [5.74, 6) is 0.191. The lowest BCUT2D eigenvalue weighted by Gasteiger charge is -2.19. The molecule has 2 rings (SSSR count). The van der Waals surface area contributed by atoms with Gasteiger partial charge in [-0.25, -0.2) is 0 Å². The highest BCUT2D eigenvalue weighted by Gasteiger charge is 2.18. The molecule has 0 fully saturated rings. The lowest BCUT2D eigenvalue weighted by molar-refractivity contribution is -0.133. The number of anilines is 1. The highest BCUT2D eigenvalue weighted by Crippen LogP contribution is 2.21. The SMILES string of the molecule is Cc1ccc(C)c(NC(=O)CN(C)C(=O)C[C@@H]2C=CCC2)c1. The minimum absolute atomic E-state index is 0.0210. The number of nitrogens with zero attached hydrogens (tertiary/aromatic N) is 1. The molecule has 118 valence electrons. The van der Waals surface area contributed by atoms with Crippen molar-refractivity contribution in [1.82, 2.24) is 4.90 Å². The van der Waals surface area contributed by atoms with Crippen LogP contribution in [0.2, 0.25) is 0 Å². The zero-order valence-corrected chi connectivity index (χ0v) is 13.6. The fourth-order valence-electron chi connectivity index (χ4n) is 2.61. The first-order valence-corrected chi connectivity index (χ1v) is 7.73. The molecule has 0 aliphatic heterocycles. The Morgan fingerprint density at radius 1 is 1.32 bits per heavy atom. The lowest BCUT2D eigenvalue weighted by atomic mass is 10.0. The average molecular weight is 300 g/mol. The van der Waals surface area contributed by atoms with Crippen LogP contribution in [0.4, 0.5) is 5.69 Å². The fourth-order valence-corrected chi connectivity index (χ4v) is 2.61. The van der Waals surface area contributed by atoms with E-state index in [0.29, 0.717) is 12.3 Å². The second-order valence-electron chi connectivity index (χ2n) is 6.09. The molecule has 1 atom stereocenters. The van der Waals surface area contributed by atoms with E-state index in [2.05, 4.69) is 17.5 Å². The van der Waals surface area contributed by atoms with Crippen molar-refractivity contribution < 1.29 is 9.59 Å². The Morgan fingerprint density at radius 3 is 2.77 bits per heavy atom. The van der Waals surface area contributed by atoms with E-state index in [4.69, 9.17) is 0 Å². The van der Waals surface area contributed by atoms with Crippen molar-refractivity contribution in [3.05, 3.63) is 41.5 Å². The van der Waals surface area contributed by atoms with Crippen LogP contribution in [0.1, 0.15) is 30.4 Å². The first kappa shape index (κ1) is 16.3.